The van der Waals surface area contributed by atoms with E-state index in [2.05, 4.69) is 13.8 Å². The number of allylic oxidation sites excluding steroid dienone is 2. The molecule has 1 unspecified atom stereocenters. The predicted octanol–water partition coefficient (Wildman–Crippen LogP) is 3.22. The minimum atomic E-state index is 0.332. The van der Waals surface area contributed by atoms with Gasteiger partial charge in [0.1, 0.15) is 5.76 Å². The molecule has 15 heavy (non-hydrogen) atoms. The van der Waals surface area contributed by atoms with E-state index in [9.17, 15) is 4.79 Å². The fourth-order valence-electron chi connectivity index (χ4n) is 2.77. The molecule has 0 fully saturated rings. The van der Waals surface area contributed by atoms with Crippen molar-refractivity contribution in [3.05, 3.63) is 11.3 Å². The van der Waals surface area contributed by atoms with E-state index < -0.39 is 0 Å². The second-order valence-corrected chi connectivity index (χ2v) is 4.78. The number of carbonyl (C=O) groups is 1. The van der Waals surface area contributed by atoms with Gasteiger partial charge < -0.3 is 4.74 Å². The van der Waals surface area contributed by atoms with Gasteiger partial charge in [-0.1, -0.05) is 20.3 Å². The zero-order valence-corrected chi connectivity index (χ0v) is 9.71. The average molecular weight is 208 g/mol. The van der Waals surface area contributed by atoms with Gasteiger partial charge in [-0.25, -0.2) is 0 Å². The third-order valence-corrected chi connectivity index (χ3v) is 3.44. The van der Waals surface area contributed by atoms with Crippen molar-refractivity contribution in [3.63, 3.8) is 0 Å². The lowest BCUT2D eigenvalue weighted by Gasteiger charge is -2.34. The summed E-state index contributed by atoms with van der Waals surface area (Å²) in [7, 11) is 0. The van der Waals surface area contributed by atoms with E-state index >= 15 is 0 Å². The summed E-state index contributed by atoms with van der Waals surface area (Å²) in [4.78, 5) is 11.8. The summed E-state index contributed by atoms with van der Waals surface area (Å²) in [5.41, 5.74) is 1.01. The summed E-state index contributed by atoms with van der Waals surface area (Å²) in [5.74, 6) is 1.76. The van der Waals surface area contributed by atoms with E-state index in [0.29, 0.717) is 17.8 Å². The van der Waals surface area contributed by atoms with Crippen molar-refractivity contribution in [2.45, 2.75) is 58.5 Å². The SMILES string of the molecule is CCCC1C[C@@H](C)C2=C(CCCC2=O)O1. The third-order valence-electron chi connectivity index (χ3n) is 3.44. The van der Waals surface area contributed by atoms with Crippen molar-refractivity contribution >= 4 is 5.78 Å². The van der Waals surface area contributed by atoms with Gasteiger partial charge >= 0.3 is 0 Å². The highest BCUT2D eigenvalue weighted by Crippen LogP contribution is 2.37. The molecular formula is C13H20O2. The summed E-state index contributed by atoms with van der Waals surface area (Å²) >= 11 is 0. The van der Waals surface area contributed by atoms with Crippen LogP contribution in [0.3, 0.4) is 0 Å². The molecule has 1 heterocycles. The summed E-state index contributed by atoms with van der Waals surface area (Å²) in [6, 6.07) is 0. The van der Waals surface area contributed by atoms with Crippen molar-refractivity contribution in [2.75, 3.05) is 0 Å². The molecule has 2 aliphatic rings. The normalized spacial score (nSPS) is 31.2. The molecule has 2 heteroatoms. The third kappa shape index (κ3) is 2.09. The lowest BCUT2D eigenvalue weighted by Crippen LogP contribution is -2.29. The Hall–Kier alpha value is -0.790. The van der Waals surface area contributed by atoms with Crippen molar-refractivity contribution in [1.82, 2.24) is 0 Å². The van der Waals surface area contributed by atoms with Gasteiger partial charge in [0.25, 0.3) is 0 Å². The molecule has 0 amide bonds. The van der Waals surface area contributed by atoms with Crippen LogP contribution in [0.4, 0.5) is 0 Å². The van der Waals surface area contributed by atoms with Crippen molar-refractivity contribution in [1.29, 1.82) is 0 Å². The summed E-state index contributed by atoms with van der Waals surface area (Å²) in [6.07, 6.45) is 6.34. The minimum Gasteiger partial charge on any atom is -0.494 e. The standard InChI is InChI=1S/C13H20O2/c1-3-5-10-8-9(2)13-11(14)6-4-7-12(13)15-10/h9-10H,3-8H2,1-2H3/t9-,10?/m1/s1. The maximum absolute atomic E-state index is 11.8. The Balaban J connectivity index is 2.17. The maximum Gasteiger partial charge on any atom is 0.162 e. The first-order valence-electron chi connectivity index (χ1n) is 6.15. The molecular weight excluding hydrogens is 188 g/mol. The quantitative estimate of drug-likeness (QED) is 0.696. The Labute approximate surface area is 91.7 Å². The van der Waals surface area contributed by atoms with E-state index in [1.807, 2.05) is 0 Å². The number of hydrogen-bond acceptors (Lipinski definition) is 2. The molecule has 0 bridgehead atoms. The monoisotopic (exact) mass is 208 g/mol. The van der Waals surface area contributed by atoms with Gasteiger partial charge in [0.15, 0.2) is 5.78 Å². The van der Waals surface area contributed by atoms with Gasteiger partial charge in [-0.2, -0.15) is 0 Å². The summed E-state index contributed by atoms with van der Waals surface area (Å²) < 4.78 is 5.93. The van der Waals surface area contributed by atoms with Gasteiger partial charge in [-0.15, -0.1) is 0 Å². The molecule has 0 saturated heterocycles. The Kier molecular flexibility index (Phi) is 3.13. The predicted molar refractivity (Wildman–Crippen MR) is 59.4 cm³/mol. The Bertz CT molecular complexity index is 291. The van der Waals surface area contributed by atoms with Gasteiger partial charge in [0.05, 0.1) is 6.10 Å². The van der Waals surface area contributed by atoms with Crippen LogP contribution in [0.2, 0.25) is 0 Å². The van der Waals surface area contributed by atoms with Crippen LogP contribution in [0, 0.1) is 5.92 Å². The number of Topliss-reactive ketones (excluding diaryl/α,β-unsaturated/α-hetero) is 1. The largest absolute Gasteiger partial charge is 0.494 e. The van der Waals surface area contributed by atoms with Crippen molar-refractivity contribution in [3.8, 4) is 0 Å². The molecule has 0 radical (unpaired) electrons. The Morgan fingerprint density at radius 3 is 2.93 bits per heavy atom. The highest BCUT2D eigenvalue weighted by Gasteiger charge is 2.33. The van der Waals surface area contributed by atoms with E-state index in [4.69, 9.17) is 4.74 Å². The minimum absolute atomic E-state index is 0.332. The summed E-state index contributed by atoms with van der Waals surface area (Å²) in [5, 5.41) is 0. The van der Waals surface area contributed by atoms with Crippen LogP contribution >= 0.6 is 0 Å². The zero-order chi connectivity index (χ0) is 10.8. The highest BCUT2D eigenvalue weighted by atomic mass is 16.5. The van der Waals surface area contributed by atoms with Crippen LogP contribution in [0.25, 0.3) is 0 Å². The van der Waals surface area contributed by atoms with Gasteiger partial charge in [-0.05, 0) is 25.2 Å². The molecule has 2 atom stereocenters. The first-order chi connectivity index (χ1) is 7.22. The number of rotatable bonds is 2. The first kappa shape index (κ1) is 10.7. The van der Waals surface area contributed by atoms with E-state index in [1.54, 1.807) is 0 Å². The lowest BCUT2D eigenvalue weighted by atomic mass is 9.82. The first-order valence-corrected chi connectivity index (χ1v) is 6.15. The van der Waals surface area contributed by atoms with Crippen LogP contribution in [0.15, 0.2) is 11.3 Å². The van der Waals surface area contributed by atoms with E-state index in [-0.39, 0.29) is 0 Å². The number of ketones is 1. The number of hydrogen-bond donors (Lipinski definition) is 0. The molecule has 0 saturated carbocycles. The van der Waals surface area contributed by atoms with Crippen LogP contribution in [-0.4, -0.2) is 11.9 Å². The van der Waals surface area contributed by atoms with Crippen molar-refractivity contribution in [2.24, 2.45) is 5.92 Å². The van der Waals surface area contributed by atoms with Crippen LogP contribution in [0.5, 0.6) is 0 Å². The molecule has 84 valence electrons. The number of ether oxygens (including phenoxy) is 1. The van der Waals surface area contributed by atoms with E-state index in [1.165, 1.54) is 0 Å². The lowest BCUT2D eigenvalue weighted by molar-refractivity contribution is -0.118. The number of carbonyl (C=O) groups excluding carboxylic acids is 1. The van der Waals surface area contributed by atoms with Gasteiger partial charge in [-0.3, -0.25) is 4.79 Å². The average Bonchev–Trinajstić information content (AvgIpc) is 2.17. The Morgan fingerprint density at radius 2 is 2.20 bits per heavy atom. The second kappa shape index (κ2) is 4.38. The molecule has 0 spiro atoms. The second-order valence-electron chi connectivity index (χ2n) is 4.78. The molecule has 0 aromatic rings. The maximum atomic E-state index is 11.8. The van der Waals surface area contributed by atoms with Gasteiger partial charge in [0, 0.05) is 18.4 Å². The van der Waals surface area contributed by atoms with Crippen molar-refractivity contribution < 1.29 is 9.53 Å². The zero-order valence-electron chi connectivity index (χ0n) is 9.71. The van der Waals surface area contributed by atoms with E-state index in [0.717, 1.165) is 49.9 Å². The molecule has 1 aliphatic heterocycles. The Morgan fingerprint density at radius 1 is 1.40 bits per heavy atom. The molecule has 0 N–H and O–H groups in total. The van der Waals surface area contributed by atoms with Gasteiger partial charge in [0.2, 0.25) is 0 Å². The summed E-state index contributed by atoms with van der Waals surface area (Å²) in [6.45, 7) is 4.35. The molecule has 1 aliphatic carbocycles. The fourth-order valence-corrected chi connectivity index (χ4v) is 2.77. The topological polar surface area (TPSA) is 26.3 Å². The van der Waals surface area contributed by atoms with Crippen LogP contribution in [-0.2, 0) is 9.53 Å². The molecule has 2 nitrogen and oxygen atoms in total. The molecule has 0 aromatic heterocycles. The smallest absolute Gasteiger partial charge is 0.162 e. The fraction of sp³-hybridized carbons (Fsp3) is 0.769. The molecule has 0 aromatic carbocycles. The van der Waals surface area contributed by atoms with Crippen LogP contribution in [0.1, 0.15) is 52.4 Å². The van der Waals surface area contributed by atoms with Crippen LogP contribution < -0.4 is 0 Å². The molecule has 2 rings (SSSR count). The highest BCUT2D eigenvalue weighted by molar-refractivity contribution is 5.97.